The number of carbonyl (C=O) groups excluding carboxylic acids is 2. The lowest BCUT2D eigenvalue weighted by atomic mass is 9.74. The van der Waals surface area contributed by atoms with Crippen LogP contribution >= 0.6 is 0 Å². The third-order valence-corrected chi connectivity index (χ3v) is 7.04. The van der Waals surface area contributed by atoms with Crippen molar-refractivity contribution in [3.8, 4) is 0 Å². The molecule has 0 radical (unpaired) electrons. The third kappa shape index (κ3) is 4.22. The summed E-state index contributed by atoms with van der Waals surface area (Å²) in [6.45, 7) is 7.14. The first-order chi connectivity index (χ1) is 14.8. The average Bonchev–Trinajstić information content (AvgIpc) is 3.33. The van der Waals surface area contributed by atoms with Crippen LogP contribution < -0.4 is 4.90 Å². The second-order valence-corrected chi connectivity index (χ2v) is 9.31. The monoisotopic (exact) mass is 432 g/mol. The number of halogens is 1. The molecule has 0 aliphatic carbocycles. The summed E-state index contributed by atoms with van der Waals surface area (Å²) >= 11 is 0. The Hall–Kier alpha value is -2.35. The Morgan fingerprint density at radius 1 is 1.23 bits per heavy atom. The van der Waals surface area contributed by atoms with Gasteiger partial charge in [-0.15, -0.1) is 0 Å². The molecular weight excluding hydrogens is 399 g/mol. The Morgan fingerprint density at radius 3 is 2.65 bits per heavy atom. The fraction of sp³-hybridized carbons (Fsp3) is 0.652. The van der Waals surface area contributed by atoms with E-state index in [2.05, 4.69) is 4.90 Å². The highest BCUT2D eigenvalue weighted by molar-refractivity contribution is 5.95. The molecule has 8 heteroatoms. The molecule has 2 fully saturated rings. The van der Waals surface area contributed by atoms with Gasteiger partial charge in [0.15, 0.2) is 0 Å². The minimum Gasteiger partial charge on any atom is -0.450 e. The number of likely N-dealkylation sites (tertiary alicyclic amines) is 2. The van der Waals surface area contributed by atoms with Gasteiger partial charge in [0.25, 0.3) is 0 Å². The number of benzene rings is 1. The Kier molecular flexibility index (Phi) is 6.10. The number of amides is 3. The molecule has 3 aliphatic heterocycles. The number of piperidine rings is 1. The van der Waals surface area contributed by atoms with Crippen molar-refractivity contribution in [3.05, 3.63) is 29.6 Å². The van der Waals surface area contributed by atoms with E-state index in [0.717, 1.165) is 63.2 Å². The number of rotatable bonds is 3. The van der Waals surface area contributed by atoms with Gasteiger partial charge in [-0.2, -0.15) is 0 Å². The molecule has 0 unspecified atom stereocenters. The predicted octanol–water partition coefficient (Wildman–Crippen LogP) is 3.14. The van der Waals surface area contributed by atoms with Crippen LogP contribution in [0.4, 0.5) is 19.7 Å². The molecule has 0 bridgehead atoms. The molecule has 31 heavy (non-hydrogen) atoms. The van der Waals surface area contributed by atoms with Gasteiger partial charge in [0, 0.05) is 51.4 Å². The summed E-state index contributed by atoms with van der Waals surface area (Å²) in [5.41, 5.74) is 1.62. The quantitative estimate of drug-likeness (QED) is 0.736. The van der Waals surface area contributed by atoms with E-state index in [-0.39, 0.29) is 23.4 Å². The lowest BCUT2D eigenvalue weighted by molar-refractivity contribution is 0.111. The molecule has 0 aromatic heterocycles. The first kappa shape index (κ1) is 21.9. The number of anilines is 1. The number of carbonyl (C=O) groups is 2. The molecule has 7 nitrogen and oxygen atoms in total. The molecule has 4 rings (SSSR count). The first-order valence-electron chi connectivity index (χ1n) is 11.3. The number of hydrogen-bond acceptors (Lipinski definition) is 4. The van der Waals surface area contributed by atoms with Crippen LogP contribution in [-0.4, -0.2) is 86.8 Å². The molecule has 3 amide bonds. The lowest BCUT2D eigenvalue weighted by Gasteiger charge is -2.40. The third-order valence-electron chi connectivity index (χ3n) is 7.04. The van der Waals surface area contributed by atoms with E-state index in [9.17, 15) is 14.0 Å². The van der Waals surface area contributed by atoms with Crippen LogP contribution in [0.1, 0.15) is 31.7 Å². The zero-order chi connectivity index (χ0) is 22.2. The van der Waals surface area contributed by atoms with Crippen molar-refractivity contribution >= 4 is 17.8 Å². The van der Waals surface area contributed by atoms with Crippen molar-refractivity contribution in [1.29, 1.82) is 0 Å². The molecule has 170 valence electrons. The summed E-state index contributed by atoms with van der Waals surface area (Å²) in [7, 11) is 3.50. The van der Waals surface area contributed by atoms with E-state index in [0.29, 0.717) is 19.1 Å². The molecular formula is C23H33FN4O3. The first-order valence-corrected chi connectivity index (χ1v) is 11.3. The van der Waals surface area contributed by atoms with Gasteiger partial charge in [-0.1, -0.05) is 0 Å². The largest absolute Gasteiger partial charge is 0.450 e. The van der Waals surface area contributed by atoms with Gasteiger partial charge in [-0.05, 0) is 69.0 Å². The normalized spacial score (nSPS) is 22.6. The van der Waals surface area contributed by atoms with Gasteiger partial charge >= 0.3 is 12.1 Å². The van der Waals surface area contributed by atoms with Crippen LogP contribution in [0.25, 0.3) is 0 Å². The number of nitrogens with zero attached hydrogens (tertiary/aromatic N) is 4. The van der Waals surface area contributed by atoms with Crippen LogP contribution in [0.5, 0.6) is 0 Å². The molecule has 0 N–H and O–H groups in total. The van der Waals surface area contributed by atoms with Gasteiger partial charge < -0.3 is 19.4 Å². The predicted molar refractivity (Wildman–Crippen MR) is 117 cm³/mol. The number of urea groups is 1. The maximum absolute atomic E-state index is 14.1. The molecule has 1 aromatic rings. The lowest BCUT2D eigenvalue weighted by Crippen LogP contribution is -2.48. The SMILES string of the molecule is CCOC(=O)N1CC[C@H](CN2CCC3(CC2)CN(C(=O)N(C)C)c2ccc(F)cc23)C1. The van der Waals surface area contributed by atoms with Crippen molar-refractivity contribution in [2.75, 3.05) is 64.9 Å². The van der Waals surface area contributed by atoms with Crippen molar-refractivity contribution < 1.29 is 18.7 Å². The molecule has 1 spiro atoms. The Labute approximate surface area is 183 Å². The molecule has 1 atom stereocenters. The molecule has 1 aromatic carbocycles. The Balaban J connectivity index is 1.40. The number of fused-ring (bicyclic) bond motifs is 2. The summed E-state index contributed by atoms with van der Waals surface area (Å²) < 4.78 is 19.2. The van der Waals surface area contributed by atoms with Crippen LogP contribution in [0.2, 0.25) is 0 Å². The second-order valence-electron chi connectivity index (χ2n) is 9.31. The molecule has 0 saturated carbocycles. The maximum Gasteiger partial charge on any atom is 0.409 e. The standard InChI is InChI=1S/C23H33FN4O3/c1-4-31-22(30)27-10-7-17(15-27)14-26-11-8-23(9-12-26)16-28(21(29)25(2)3)20-6-5-18(24)13-19(20)23/h5-6,13,17H,4,7-12,14-16H2,1-3H3/t17-/m1/s1. The van der Waals surface area contributed by atoms with E-state index in [1.807, 2.05) is 6.92 Å². The minimum absolute atomic E-state index is 0.0582. The van der Waals surface area contributed by atoms with E-state index >= 15 is 0 Å². The topological polar surface area (TPSA) is 56.3 Å². The summed E-state index contributed by atoms with van der Waals surface area (Å²) in [5.74, 6) is 0.211. The summed E-state index contributed by atoms with van der Waals surface area (Å²) in [6.07, 6.45) is 2.58. The molecule has 3 aliphatic rings. The summed E-state index contributed by atoms with van der Waals surface area (Å²) in [5, 5.41) is 0. The number of hydrogen-bond donors (Lipinski definition) is 0. The highest BCUT2D eigenvalue weighted by Crippen LogP contribution is 2.47. The fourth-order valence-corrected chi connectivity index (χ4v) is 5.37. The van der Waals surface area contributed by atoms with E-state index < -0.39 is 0 Å². The van der Waals surface area contributed by atoms with Gasteiger partial charge in [0.05, 0.1) is 6.61 Å². The highest BCUT2D eigenvalue weighted by atomic mass is 19.1. The summed E-state index contributed by atoms with van der Waals surface area (Å²) in [4.78, 5) is 32.4. The maximum atomic E-state index is 14.1. The van der Waals surface area contributed by atoms with Crippen molar-refractivity contribution in [2.45, 2.75) is 31.6 Å². The second kappa shape index (κ2) is 8.65. The van der Waals surface area contributed by atoms with Gasteiger partial charge in [-0.3, -0.25) is 4.90 Å². The van der Waals surface area contributed by atoms with Crippen LogP contribution in [0, 0.1) is 11.7 Å². The highest BCUT2D eigenvalue weighted by Gasteiger charge is 2.47. The molecule has 3 heterocycles. The van der Waals surface area contributed by atoms with Crippen molar-refractivity contribution in [3.63, 3.8) is 0 Å². The Morgan fingerprint density at radius 2 is 1.97 bits per heavy atom. The van der Waals surface area contributed by atoms with Crippen LogP contribution in [0.15, 0.2) is 18.2 Å². The van der Waals surface area contributed by atoms with E-state index in [4.69, 9.17) is 4.74 Å². The van der Waals surface area contributed by atoms with Gasteiger partial charge in [0.1, 0.15) is 5.82 Å². The van der Waals surface area contributed by atoms with Gasteiger partial charge in [0.2, 0.25) is 0 Å². The Bertz CT molecular complexity index is 838. The van der Waals surface area contributed by atoms with E-state index in [1.165, 1.54) is 6.07 Å². The fourth-order valence-electron chi connectivity index (χ4n) is 5.37. The van der Waals surface area contributed by atoms with Crippen LogP contribution in [0.3, 0.4) is 0 Å². The summed E-state index contributed by atoms with van der Waals surface area (Å²) in [6, 6.07) is 4.76. The number of ether oxygens (including phenoxy) is 1. The van der Waals surface area contributed by atoms with Crippen molar-refractivity contribution in [2.24, 2.45) is 5.92 Å². The zero-order valence-electron chi connectivity index (χ0n) is 18.8. The van der Waals surface area contributed by atoms with Gasteiger partial charge in [-0.25, -0.2) is 14.0 Å². The smallest absolute Gasteiger partial charge is 0.409 e. The van der Waals surface area contributed by atoms with Crippen molar-refractivity contribution in [1.82, 2.24) is 14.7 Å². The average molecular weight is 433 g/mol. The van der Waals surface area contributed by atoms with Crippen LogP contribution in [-0.2, 0) is 10.2 Å². The van der Waals surface area contributed by atoms with E-state index in [1.54, 1.807) is 40.9 Å². The molecule has 2 saturated heterocycles. The minimum atomic E-state index is -0.246. The zero-order valence-corrected chi connectivity index (χ0v) is 18.8.